The molecule has 80 valence electrons. The Bertz CT molecular complexity index is 654. The Morgan fingerprint density at radius 2 is 2.25 bits per heavy atom. The van der Waals surface area contributed by atoms with Crippen molar-refractivity contribution < 1.29 is 0 Å². The van der Waals surface area contributed by atoms with Gasteiger partial charge in [-0.25, -0.2) is 0 Å². The minimum atomic E-state index is 0.692. The van der Waals surface area contributed by atoms with E-state index in [2.05, 4.69) is 15.3 Å². The van der Waals surface area contributed by atoms with Crippen LogP contribution in [0.2, 0.25) is 0 Å². The summed E-state index contributed by atoms with van der Waals surface area (Å²) in [6.45, 7) is 2.02. The van der Waals surface area contributed by atoms with Crippen LogP contribution in [0.1, 0.15) is 4.88 Å². The maximum absolute atomic E-state index is 5.93. The molecule has 0 radical (unpaired) electrons. The number of nitrogens with zero attached hydrogens (tertiary/aromatic N) is 4. The number of anilines is 1. The van der Waals surface area contributed by atoms with E-state index < -0.39 is 0 Å². The highest BCUT2D eigenvalue weighted by Crippen LogP contribution is 2.32. The number of rotatable bonds is 1. The number of aryl methyl sites for hydroxylation is 1. The normalized spacial score (nSPS) is 11.1. The molecule has 0 aliphatic carbocycles. The van der Waals surface area contributed by atoms with Crippen LogP contribution in [0, 0.1) is 6.92 Å². The maximum atomic E-state index is 5.93. The largest absolute Gasteiger partial charge is 0.390 e. The summed E-state index contributed by atoms with van der Waals surface area (Å²) in [6.07, 6.45) is 1.70. The second kappa shape index (κ2) is 3.28. The molecule has 3 heterocycles. The number of nitrogens with two attached hydrogens (primary N) is 1. The topological polar surface area (TPSA) is 69.1 Å². The third kappa shape index (κ3) is 1.27. The first-order chi connectivity index (χ1) is 7.75. The van der Waals surface area contributed by atoms with Crippen molar-refractivity contribution in [2.45, 2.75) is 6.92 Å². The second-order valence-electron chi connectivity index (χ2n) is 3.45. The van der Waals surface area contributed by atoms with Crippen molar-refractivity contribution in [2.75, 3.05) is 5.73 Å². The van der Waals surface area contributed by atoms with Crippen molar-refractivity contribution in [1.29, 1.82) is 0 Å². The van der Waals surface area contributed by atoms with Gasteiger partial charge in [0.15, 0.2) is 11.5 Å². The summed E-state index contributed by atoms with van der Waals surface area (Å²) >= 11 is 1.54. The lowest BCUT2D eigenvalue weighted by Gasteiger charge is -1.96. The number of aromatic nitrogens is 4. The molecule has 0 unspecified atom stereocenters. The maximum Gasteiger partial charge on any atom is 0.188 e. The summed E-state index contributed by atoms with van der Waals surface area (Å²) in [6, 6.07) is 5.69. The molecular formula is C10H9N5S. The Labute approximate surface area is 95.5 Å². The molecule has 2 N–H and O–H groups in total. The third-order valence-electron chi connectivity index (χ3n) is 2.30. The molecule has 0 amide bonds. The van der Waals surface area contributed by atoms with E-state index in [0.29, 0.717) is 5.82 Å². The summed E-state index contributed by atoms with van der Waals surface area (Å²) in [7, 11) is 0. The minimum Gasteiger partial charge on any atom is -0.390 e. The molecule has 5 nitrogen and oxygen atoms in total. The zero-order valence-corrected chi connectivity index (χ0v) is 9.40. The average molecular weight is 231 g/mol. The Balaban J connectivity index is 2.30. The first-order valence-electron chi connectivity index (χ1n) is 4.78. The van der Waals surface area contributed by atoms with Crippen LogP contribution in [-0.2, 0) is 0 Å². The molecule has 0 aliphatic rings. The van der Waals surface area contributed by atoms with E-state index in [4.69, 9.17) is 5.73 Å². The average Bonchev–Trinajstić information content (AvgIpc) is 2.81. The summed E-state index contributed by atoms with van der Waals surface area (Å²) in [5, 5.41) is 13.1. The molecule has 0 atom stereocenters. The zero-order valence-electron chi connectivity index (χ0n) is 8.58. The van der Waals surface area contributed by atoms with Crippen molar-refractivity contribution in [3.63, 3.8) is 0 Å². The molecule has 0 aliphatic heterocycles. The summed E-state index contributed by atoms with van der Waals surface area (Å²) < 4.78 is 1.69. The molecular weight excluding hydrogens is 222 g/mol. The van der Waals surface area contributed by atoms with Gasteiger partial charge in [0, 0.05) is 11.1 Å². The van der Waals surface area contributed by atoms with E-state index in [1.807, 2.05) is 25.1 Å². The Morgan fingerprint density at radius 3 is 3.00 bits per heavy atom. The Hall–Kier alpha value is -1.95. The molecule has 0 aromatic carbocycles. The Kier molecular flexibility index (Phi) is 1.90. The SMILES string of the molecule is Cc1cc(-c2nnc3cccnn23)c(N)s1. The lowest BCUT2D eigenvalue weighted by atomic mass is 10.3. The smallest absolute Gasteiger partial charge is 0.188 e. The van der Waals surface area contributed by atoms with Crippen molar-refractivity contribution >= 4 is 22.0 Å². The monoisotopic (exact) mass is 231 g/mol. The van der Waals surface area contributed by atoms with Gasteiger partial charge in [-0.05, 0) is 25.1 Å². The number of nitrogen functional groups attached to an aromatic ring is 1. The fraction of sp³-hybridized carbons (Fsp3) is 0.100. The number of thiophene rings is 1. The molecule has 0 fully saturated rings. The van der Waals surface area contributed by atoms with Gasteiger partial charge < -0.3 is 5.73 Å². The van der Waals surface area contributed by atoms with Crippen LogP contribution in [0.3, 0.4) is 0 Å². The van der Waals surface area contributed by atoms with Gasteiger partial charge in [-0.2, -0.15) is 9.61 Å². The van der Waals surface area contributed by atoms with Crippen LogP contribution in [0.15, 0.2) is 24.4 Å². The molecule has 3 aromatic rings. The van der Waals surface area contributed by atoms with Crippen molar-refractivity contribution in [2.24, 2.45) is 0 Å². The lowest BCUT2D eigenvalue weighted by molar-refractivity contribution is 0.936. The molecule has 0 saturated carbocycles. The highest BCUT2D eigenvalue weighted by atomic mass is 32.1. The molecule has 0 saturated heterocycles. The Morgan fingerprint density at radius 1 is 1.38 bits per heavy atom. The minimum absolute atomic E-state index is 0.692. The van der Waals surface area contributed by atoms with Crippen LogP contribution >= 0.6 is 11.3 Å². The van der Waals surface area contributed by atoms with Crippen LogP contribution in [0.4, 0.5) is 5.00 Å². The van der Waals surface area contributed by atoms with Gasteiger partial charge in [-0.1, -0.05) is 0 Å². The highest BCUT2D eigenvalue weighted by Gasteiger charge is 2.13. The van der Waals surface area contributed by atoms with Crippen LogP contribution < -0.4 is 5.73 Å². The van der Waals surface area contributed by atoms with Gasteiger partial charge in [0.25, 0.3) is 0 Å². The number of hydrogen-bond donors (Lipinski definition) is 1. The summed E-state index contributed by atoms with van der Waals surface area (Å²) in [5.74, 6) is 0.692. The molecule has 3 aromatic heterocycles. The van der Waals surface area contributed by atoms with Gasteiger partial charge in [-0.15, -0.1) is 21.5 Å². The quantitative estimate of drug-likeness (QED) is 0.692. The van der Waals surface area contributed by atoms with E-state index in [0.717, 1.165) is 21.1 Å². The summed E-state index contributed by atoms with van der Waals surface area (Å²) in [5.41, 5.74) is 7.55. The predicted molar refractivity (Wildman–Crippen MR) is 63.2 cm³/mol. The van der Waals surface area contributed by atoms with Crippen molar-refractivity contribution in [1.82, 2.24) is 19.8 Å². The summed E-state index contributed by atoms with van der Waals surface area (Å²) in [4.78, 5) is 1.15. The molecule has 16 heavy (non-hydrogen) atoms. The van der Waals surface area contributed by atoms with E-state index >= 15 is 0 Å². The van der Waals surface area contributed by atoms with Crippen LogP contribution in [-0.4, -0.2) is 19.8 Å². The van der Waals surface area contributed by atoms with Gasteiger partial charge in [0.05, 0.1) is 10.6 Å². The number of hydrogen-bond acceptors (Lipinski definition) is 5. The first-order valence-corrected chi connectivity index (χ1v) is 5.60. The van der Waals surface area contributed by atoms with Gasteiger partial charge in [0.2, 0.25) is 0 Å². The van der Waals surface area contributed by atoms with E-state index in [-0.39, 0.29) is 0 Å². The predicted octanol–water partition coefficient (Wildman–Crippen LogP) is 1.74. The van der Waals surface area contributed by atoms with E-state index in [1.165, 1.54) is 0 Å². The van der Waals surface area contributed by atoms with Gasteiger partial charge in [-0.3, -0.25) is 0 Å². The van der Waals surface area contributed by atoms with E-state index in [1.54, 1.807) is 22.0 Å². The fourth-order valence-electron chi connectivity index (χ4n) is 1.62. The van der Waals surface area contributed by atoms with Crippen molar-refractivity contribution in [3.05, 3.63) is 29.3 Å². The number of fused-ring (bicyclic) bond motifs is 1. The second-order valence-corrected chi connectivity index (χ2v) is 4.74. The molecule has 0 bridgehead atoms. The first kappa shape index (κ1) is 9.29. The zero-order chi connectivity index (χ0) is 11.1. The van der Waals surface area contributed by atoms with E-state index in [9.17, 15) is 0 Å². The fourth-order valence-corrected chi connectivity index (χ4v) is 2.40. The molecule has 3 rings (SSSR count). The lowest BCUT2D eigenvalue weighted by Crippen LogP contribution is -1.94. The van der Waals surface area contributed by atoms with Crippen LogP contribution in [0.25, 0.3) is 17.0 Å². The standard InChI is InChI=1S/C10H9N5S/c1-6-5-7(9(11)16-6)10-14-13-8-3-2-4-12-15(8)10/h2-5H,11H2,1H3. The molecule has 6 heteroatoms. The van der Waals surface area contributed by atoms with Crippen molar-refractivity contribution in [3.8, 4) is 11.4 Å². The van der Waals surface area contributed by atoms with Crippen LogP contribution in [0.5, 0.6) is 0 Å². The van der Waals surface area contributed by atoms with Gasteiger partial charge >= 0.3 is 0 Å². The third-order valence-corrected chi connectivity index (χ3v) is 3.18. The van der Waals surface area contributed by atoms with Gasteiger partial charge in [0.1, 0.15) is 0 Å². The molecule has 0 spiro atoms. The highest BCUT2D eigenvalue weighted by molar-refractivity contribution is 7.16.